The van der Waals surface area contributed by atoms with E-state index in [0.29, 0.717) is 10.6 Å². The van der Waals surface area contributed by atoms with Crippen LogP contribution in [-0.4, -0.2) is 32.4 Å². The number of rotatable bonds is 5. The predicted molar refractivity (Wildman–Crippen MR) is 101 cm³/mol. The van der Waals surface area contributed by atoms with Crippen LogP contribution >= 0.6 is 23.4 Å². The zero-order valence-corrected chi connectivity index (χ0v) is 15.5. The second-order valence-electron chi connectivity index (χ2n) is 5.67. The molecule has 1 heterocycles. The maximum Gasteiger partial charge on any atom is 0.277 e. The summed E-state index contributed by atoms with van der Waals surface area (Å²) in [5, 5.41) is 23.1. The number of amides is 2. The normalized spacial score (nSPS) is 16.1. The topological polar surface area (TPSA) is 136 Å². The van der Waals surface area contributed by atoms with E-state index in [1.807, 2.05) is 0 Å². The molecule has 1 aliphatic heterocycles. The van der Waals surface area contributed by atoms with Gasteiger partial charge in [0.15, 0.2) is 0 Å². The Balaban J connectivity index is 1.88. The van der Waals surface area contributed by atoms with Crippen LogP contribution in [0.25, 0.3) is 0 Å². The third-order valence-corrected chi connectivity index (χ3v) is 5.30. The van der Waals surface area contributed by atoms with Crippen molar-refractivity contribution in [2.45, 2.75) is 5.37 Å². The molecule has 10 nitrogen and oxygen atoms in total. The lowest BCUT2D eigenvalue weighted by atomic mass is 10.1. The molecule has 1 aliphatic rings. The maximum atomic E-state index is 12.5. The monoisotopic (exact) mass is 422 g/mol. The van der Waals surface area contributed by atoms with Gasteiger partial charge in [0.1, 0.15) is 5.37 Å². The van der Waals surface area contributed by atoms with E-state index >= 15 is 0 Å². The lowest BCUT2D eigenvalue weighted by Crippen LogP contribution is -2.44. The van der Waals surface area contributed by atoms with Crippen molar-refractivity contribution in [2.24, 2.45) is 0 Å². The number of hydrazine groups is 1. The molecule has 0 bridgehead atoms. The number of benzene rings is 2. The molecule has 0 spiro atoms. The van der Waals surface area contributed by atoms with Gasteiger partial charge in [-0.15, -0.1) is 11.8 Å². The van der Waals surface area contributed by atoms with Crippen LogP contribution in [0, 0.1) is 20.2 Å². The minimum Gasteiger partial charge on any atom is -0.272 e. The van der Waals surface area contributed by atoms with E-state index in [2.05, 4.69) is 5.43 Å². The molecule has 2 aromatic rings. The Morgan fingerprint density at radius 1 is 1.11 bits per heavy atom. The van der Waals surface area contributed by atoms with E-state index in [1.165, 1.54) is 11.8 Å². The summed E-state index contributed by atoms with van der Waals surface area (Å²) in [6, 6.07) is 9.27. The summed E-state index contributed by atoms with van der Waals surface area (Å²) in [7, 11) is 0. The first-order chi connectivity index (χ1) is 13.3. The van der Waals surface area contributed by atoms with E-state index in [9.17, 15) is 29.8 Å². The van der Waals surface area contributed by atoms with Crippen LogP contribution in [0.4, 0.5) is 11.4 Å². The maximum absolute atomic E-state index is 12.5. The number of non-ortho nitro benzene ring substituents is 2. The Bertz CT molecular complexity index is 951. The minimum absolute atomic E-state index is 0.114. The van der Waals surface area contributed by atoms with Crippen molar-refractivity contribution in [1.82, 2.24) is 10.4 Å². The van der Waals surface area contributed by atoms with Gasteiger partial charge in [-0.25, -0.2) is 5.01 Å². The molecule has 3 rings (SSSR count). The predicted octanol–water partition coefficient (Wildman–Crippen LogP) is 3.08. The Labute approximate surface area is 166 Å². The van der Waals surface area contributed by atoms with Gasteiger partial charge in [0, 0.05) is 17.2 Å². The van der Waals surface area contributed by atoms with Crippen molar-refractivity contribution >= 4 is 46.6 Å². The first-order valence-corrected chi connectivity index (χ1v) is 9.13. The van der Waals surface area contributed by atoms with Gasteiger partial charge in [0.2, 0.25) is 0 Å². The van der Waals surface area contributed by atoms with Crippen LogP contribution in [0.1, 0.15) is 21.3 Å². The molecule has 144 valence electrons. The van der Waals surface area contributed by atoms with Gasteiger partial charge in [-0.2, -0.15) is 0 Å². The Morgan fingerprint density at radius 3 is 2.21 bits per heavy atom. The van der Waals surface area contributed by atoms with Crippen molar-refractivity contribution < 1.29 is 19.4 Å². The number of hydrogen-bond donors (Lipinski definition) is 1. The molecule has 12 heteroatoms. The van der Waals surface area contributed by atoms with Crippen LogP contribution in [-0.2, 0) is 4.79 Å². The Morgan fingerprint density at radius 2 is 1.68 bits per heavy atom. The number of carbonyl (C=O) groups is 2. The molecule has 2 aromatic carbocycles. The molecule has 1 atom stereocenters. The van der Waals surface area contributed by atoms with Gasteiger partial charge in [0.05, 0.1) is 27.2 Å². The van der Waals surface area contributed by atoms with Crippen LogP contribution in [0.5, 0.6) is 0 Å². The summed E-state index contributed by atoms with van der Waals surface area (Å²) < 4.78 is 0. The third-order valence-electron chi connectivity index (χ3n) is 3.83. The Hall–Kier alpha value is -3.18. The number of halogens is 1. The summed E-state index contributed by atoms with van der Waals surface area (Å²) in [6.45, 7) is 0. The number of hydrogen-bond acceptors (Lipinski definition) is 7. The molecular formula is C16H11ClN4O6S. The fourth-order valence-electron chi connectivity index (χ4n) is 2.53. The quantitative estimate of drug-likeness (QED) is 0.577. The van der Waals surface area contributed by atoms with Crippen molar-refractivity contribution in [2.75, 3.05) is 5.75 Å². The molecule has 1 N–H and O–H groups in total. The summed E-state index contributed by atoms with van der Waals surface area (Å²) in [6.07, 6.45) is 0. The second kappa shape index (κ2) is 7.82. The van der Waals surface area contributed by atoms with Gasteiger partial charge >= 0.3 is 0 Å². The molecule has 0 saturated carbocycles. The number of nitrogens with one attached hydrogen (secondary N) is 1. The van der Waals surface area contributed by atoms with Gasteiger partial charge in [0.25, 0.3) is 23.2 Å². The molecule has 0 aliphatic carbocycles. The van der Waals surface area contributed by atoms with Crippen molar-refractivity contribution in [3.63, 3.8) is 0 Å². The van der Waals surface area contributed by atoms with Crippen molar-refractivity contribution in [3.05, 3.63) is 78.8 Å². The van der Waals surface area contributed by atoms with Gasteiger partial charge in [-0.3, -0.25) is 35.2 Å². The zero-order valence-electron chi connectivity index (χ0n) is 13.9. The summed E-state index contributed by atoms with van der Waals surface area (Å²) in [5.74, 6) is -1.14. The van der Waals surface area contributed by atoms with Crippen LogP contribution < -0.4 is 5.43 Å². The van der Waals surface area contributed by atoms with Gasteiger partial charge < -0.3 is 0 Å². The Kier molecular flexibility index (Phi) is 5.47. The first-order valence-electron chi connectivity index (χ1n) is 7.70. The fourth-order valence-corrected chi connectivity index (χ4v) is 3.76. The molecule has 0 radical (unpaired) electrons. The smallest absolute Gasteiger partial charge is 0.272 e. The van der Waals surface area contributed by atoms with E-state index in [-0.39, 0.29) is 17.2 Å². The number of nitro benzene ring substituents is 2. The molecule has 2 amide bonds. The largest absolute Gasteiger partial charge is 0.277 e. The fraction of sp³-hybridized carbons (Fsp3) is 0.125. The van der Waals surface area contributed by atoms with Crippen LogP contribution in [0.15, 0.2) is 42.5 Å². The average Bonchev–Trinajstić information content (AvgIpc) is 3.02. The molecule has 28 heavy (non-hydrogen) atoms. The molecule has 1 unspecified atom stereocenters. The lowest BCUT2D eigenvalue weighted by molar-refractivity contribution is -0.394. The van der Waals surface area contributed by atoms with E-state index in [1.54, 1.807) is 24.3 Å². The van der Waals surface area contributed by atoms with Crippen molar-refractivity contribution in [3.8, 4) is 0 Å². The third kappa shape index (κ3) is 4.05. The minimum atomic E-state index is -0.874. The van der Waals surface area contributed by atoms with Gasteiger partial charge in [-0.1, -0.05) is 23.7 Å². The molecular weight excluding hydrogens is 412 g/mol. The van der Waals surface area contributed by atoms with Crippen molar-refractivity contribution in [1.29, 1.82) is 0 Å². The van der Waals surface area contributed by atoms with Crippen LogP contribution in [0.2, 0.25) is 5.02 Å². The highest BCUT2D eigenvalue weighted by atomic mass is 35.5. The highest BCUT2D eigenvalue weighted by Gasteiger charge is 2.35. The number of nitrogens with zero attached hydrogens (tertiary/aromatic N) is 3. The SMILES string of the molecule is O=C(NN1C(=O)CSC1c1ccc(Cl)cc1)c1cc([N+](=O)[O-])cc([N+](=O)[O-])c1. The molecule has 1 fully saturated rings. The van der Waals surface area contributed by atoms with E-state index in [4.69, 9.17) is 11.6 Å². The summed E-state index contributed by atoms with van der Waals surface area (Å²) in [5.41, 5.74) is 1.59. The molecule has 0 aromatic heterocycles. The number of thioether (sulfide) groups is 1. The van der Waals surface area contributed by atoms with E-state index < -0.39 is 32.5 Å². The van der Waals surface area contributed by atoms with Crippen LogP contribution in [0.3, 0.4) is 0 Å². The molecule has 1 saturated heterocycles. The van der Waals surface area contributed by atoms with E-state index in [0.717, 1.165) is 23.2 Å². The van der Waals surface area contributed by atoms with Gasteiger partial charge in [-0.05, 0) is 17.7 Å². The summed E-state index contributed by atoms with van der Waals surface area (Å²) >= 11 is 7.13. The zero-order chi connectivity index (χ0) is 20.4. The first kappa shape index (κ1) is 19.6. The standard InChI is InChI=1S/C16H11ClN4O6S/c17-11-3-1-9(2-4-11)16-19(14(22)8-28-16)18-15(23)10-5-12(20(24)25)7-13(6-10)21(26)27/h1-7,16H,8H2,(H,18,23). The number of carbonyl (C=O) groups excluding carboxylic acids is 2. The highest BCUT2D eigenvalue weighted by molar-refractivity contribution is 8.00. The highest BCUT2D eigenvalue weighted by Crippen LogP contribution is 2.37. The average molecular weight is 423 g/mol. The lowest BCUT2D eigenvalue weighted by Gasteiger charge is -2.24. The number of nitro groups is 2. The second-order valence-corrected chi connectivity index (χ2v) is 7.18. The summed E-state index contributed by atoms with van der Waals surface area (Å²) in [4.78, 5) is 45.0.